The molecule has 4 aromatic rings. The Bertz CT molecular complexity index is 1210. The number of aromatic nitrogens is 5. The number of H-pyrrole nitrogens is 1. The van der Waals surface area contributed by atoms with Gasteiger partial charge in [-0.15, -0.1) is 6.42 Å². The summed E-state index contributed by atoms with van der Waals surface area (Å²) in [6, 6.07) is 11.3. The molecule has 0 unspecified atom stereocenters. The van der Waals surface area contributed by atoms with E-state index in [0.717, 1.165) is 0 Å². The van der Waals surface area contributed by atoms with Crippen LogP contribution in [0.4, 0.5) is 4.39 Å². The number of hydrogen-bond donors (Lipinski definition) is 1. The Morgan fingerprint density at radius 2 is 2.04 bits per heavy atom. The minimum Gasteiger partial charge on any atom is -0.285 e. The predicted molar refractivity (Wildman–Crippen MR) is 102 cm³/mol. The van der Waals surface area contributed by atoms with Crippen LogP contribution in [0.2, 0.25) is 0 Å². The van der Waals surface area contributed by atoms with Crippen LogP contribution in [-0.2, 0) is 0 Å². The standard InChI is InChI=1S/C19H12FN5OS/c1-2-11-27-18-22-17-15(12-6-8-13(20)9-7-12)16(14-5-3-4-10-21-14)24-25(17)19(26)23-18/h1,3-10H,11H2,(H,22,23,26). The predicted octanol–water partition coefficient (Wildman–Crippen LogP) is 3.01. The van der Waals surface area contributed by atoms with Gasteiger partial charge in [-0.2, -0.15) is 9.61 Å². The second-order valence-electron chi connectivity index (χ2n) is 5.52. The first-order valence-corrected chi connectivity index (χ1v) is 8.92. The zero-order chi connectivity index (χ0) is 18.8. The Kier molecular flexibility index (Phi) is 4.44. The molecule has 0 bridgehead atoms. The fraction of sp³-hybridized carbons (Fsp3) is 0.0526. The van der Waals surface area contributed by atoms with Gasteiger partial charge in [0.15, 0.2) is 10.8 Å². The SMILES string of the molecule is C#CCSc1nc2c(-c3ccc(F)cc3)c(-c3ccccn3)nn2c(=O)[nH]1. The van der Waals surface area contributed by atoms with E-state index in [1.807, 2.05) is 6.07 Å². The van der Waals surface area contributed by atoms with Gasteiger partial charge in [0.05, 0.1) is 17.0 Å². The highest BCUT2D eigenvalue weighted by Crippen LogP contribution is 2.33. The Balaban J connectivity index is 2.03. The van der Waals surface area contributed by atoms with Crippen LogP contribution in [0.3, 0.4) is 0 Å². The molecule has 0 saturated carbocycles. The summed E-state index contributed by atoms with van der Waals surface area (Å²) < 4.78 is 14.6. The first-order chi connectivity index (χ1) is 13.2. The van der Waals surface area contributed by atoms with Gasteiger partial charge in [0.1, 0.15) is 11.5 Å². The summed E-state index contributed by atoms with van der Waals surface area (Å²) in [5.74, 6) is 2.51. The van der Waals surface area contributed by atoms with Crippen LogP contribution in [-0.4, -0.2) is 30.3 Å². The van der Waals surface area contributed by atoms with Crippen molar-refractivity contribution in [3.05, 3.63) is 65.0 Å². The Labute approximate surface area is 157 Å². The lowest BCUT2D eigenvalue weighted by atomic mass is 10.0. The van der Waals surface area contributed by atoms with Gasteiger partial charge in [-0.1, -0.05) is 35.9 Å². The molecule has 3 aromatic heterocycles. The number of nitrogens with zero attached hydrogens (tertiary/aromatic N) is 4. The monoisotopic (exact) mass is 377 g/mol. The average Bonchev–Trinajstić information content (AvgIpc) is 3.08. The number of thioether (sulfide) groups is 1. The van der Waals surface area contributed by atoms with Crippen molar-refractivity contribution in [3.63, 3.8) is 0 Å². The normalized spacial score (nSPS) is 10.8. The Morgan fingerprint density at radius 1 is 1.22 bits per heavy atom. The van der Waals surface area contributed by atoms with E-state index in [1.165, 1.54) is 28.4 Å². The molecule has 0 fully saturated rings. The number of aromatic amines is 1. The smallest absolute Gasteiger partial charge is 0.285 e. The average molecular weight is 377 g/mol. The van der Waals surface area contributed by atoms with E-state index in [9.17, 15) is 9.18 Å². The summed E-state index contributed by atoms with van der Waals surface area (Å²) in [6.07, 6.45) is 6.93. The minimum absolute atomic E-state index is 0.352. The summed E-state index contributed by atoms with van der Waals surface area (Å²) in [6.45, 7) is 0. The van der Waals surface area contributed by atoms with Gasteiger partial charge in [-0.25, -0.2) is 14.2 Å². The molecule has 4 rings (SSSR count). The van der Waals surface area contributed by atoms with E-state index in [1.54, 1.807) is 30.5 Å². The van der Waals surface area contributed by atoms with Crippen molar-refractivity contribution in [2.75, 3.05) is 5.75 Å². The van der Waals surface area contributed by atoms with Crippen LogP contribution in [0.25, 0.3) is 28.2 Å². The van der Waals surface area contributed by atoms with Gasteiger partial charge in [0.25, 0.3) is 0 Å². The van der Waals surface area contributed by atoms with Crippen LogP contribution in [0, 0.1) is 18.2 Å². The number of nitrogens with one attached hydrogen (secondary N) is 1. The zero-order valence-corrected chi connectivity index (χ0v) is 14.7. The quantitative estimate of drug-likeness (QED) is 0.437. The van der Waals surface area contributed by atoms with Crippen LogP contribution in [0.5, 0.6) is 0 Å². The van der Waals surface area contributed by atoms with E-state index in [-0.39, 0.29) is 5.82 Å². The van der Waals surface area contributed by atoms with Gasteiger partial charge in [0.2, 0.25) is 0 Å². The molecule has 0 saturated heterocycles. The molecule has 0 spiro atoms. The van der Waals surface area contributed by atoms with Gasteiger partial charge < -0.3 is 0 Å². The second kappa shape index (κ2) is 7.05. The summed E-state index contributed by atoms with van der Waals surface area (Å²) in [5, 5.41) is 4.80. The highest BCUT2D eigenvalue weighted by molar-refractivity contribution is 7.99. The molecule has 6 nitrogen and oxygen atoms in total. The number of hydrogen-bond acceptors (Lipinski definition) is 5. The molecule has 8 heteroatoms. The topological polar surface area (TPSA) is 75.9 Å². The molecule has 0 amide bonds. The first kappa shape index (κ1) is 17.0. The Hall–Kier alpha value is -3.44. The van der Waals surface area contributed by atoms with Crippen LogP contribution in [0.15, 0.2) is 58.6 Å². The largest absolute Gasteiger partial charge is 0.350 e. The van der Waals surface area contributed by atoms with Crippen LogP contribution >= 0.6 is 11.8 Å². The fourth-order valence-electron chi connectivity index (χ4n) is 2.67. The highest BCUT2D eigenvalue weighted by atomic mass is 32.2. The highest BCUT2D eigenvalue weighted by Gasteiger charge is 2.20. The molecule has 0 aliphatic carbocycles. The summed E-state index contributed by atoms with van der Waals surface area (Å²) in [5.41, 5.74) is 2.26. The summed E-state index contributed by atoms with van der Waals surface area (Å²) in [4.78, 5) is 24.0. The first-order valence-electron chi connectivity index (χ1n) is 7.94. The van der Waals surface area contributed by atoms with E-state index in [2.05, 4.69) is 26.0 Å². The van der Waals surface area contributed by atoms with Gasteiger partial charge in [0, 0.05) is 6.20 Å². The van der Waals surface area contributed by atoms with Crippen molar-refractivity contribution in [3.8, 4) is 34.9 Å². The number of fused-ring (bicyclic) bond motifs is 1. The van der Waals surface area contributed by atoms with Gasteiger partial charge >= 0.3 is 5.69 Å². The Morgan fingerprint density at radius 3 is 2.74 bits per heavy atom. The molecular weight excluding hydrogens is 365 g/mol. The molecule has 0 aliphatic heterocycles. The second-order valence-corrected chi connectivity index (χ2v) is 6.48. The lowest BCUT2D eigenvalue weighted by molar-refractivity contribution is 0.628. The third-order valence-corrected chi connectivity index (χ3v) is 4.59. The maximum Gasteiger partial charge on any atom is 0.350 e. The van der Waals surface area contributed by atoms with E-state index < -0.39 is 5.69 Å². The summed E-state index contributed by atoms with van der Waals surface area (Å²) >= 11 is 1.24. The van der Waals surface area contributed by atoms with Crippen LogP contribution < -0.4 is 5.69 Å². The number of rotatable bonds is 4. The van der Waals surface area contributed by atoms with Gasteiger partial charge in [-0.05, 0) is 29.8 Å². The van der Waals surface area contributed by atoms with Crippen molar-refractivity contribution in [2.45, 2.75) is 5.16 Å². The molecule has 1 N–H and O–H groups in total. The maximum absolute atomic E-state index is 13.4. The van der Waals surface area contributed by atoms with E-state index in [0.29, 0.717) is 39.1 Å². The van der Waals surface area contributed by atoms with Crippen molar-refractivity contribution in [1.29, 1.82) is 0 Å². The molecule has 0 radical (unpaired) electrons. The van der Waals surface area contributed by atoms with Crippen molar-refractivity contribution in [1.82, 2.24) is 24.6 Å². The van der Waals surface area contributed by atoms with Crippen LogP contribution in [0.1, 0.15) is 0 Å². The minimum atomic E-state index is -0.440. The lowest BCUT2D eigenvalue weighted by Crippen LogP contribution is -2.19. The molecule has 3 heterocycles. The zero-order valence-electron chi connectivity index (χ0n) is 13.9. The van der Waals surface area contributed by atoms with Crippen molar-refractivity contribution in [2.24, 2.45) is 0 Å². The maximum atomic E-state index is 13.4. The van der Waals surface area contributed by atoms with E-state index in [4.69, 9.17) is 6.42 Å². The number of terminal acetylenes is 1. The van der Waals surface area contributed by atoms with Crippen molar-refractivity contribution >= 4 is 17.4 Å². The number of halogens is 1. The van der Waals surface area contributed by atoms with E-state index >= 15 is 0 Å². The molecular formula is C19H12FN5OS. The molecule has 0 aliphatic rings. The van der Waals surface area contributed by atoms with Gasteiger partial charge in [-0.3, -0.25) is 9.97 Å². The lowest BCUT2D eigenvalue weighted by Gasteiger charge is -2.03. The number of pyridine rings is 1. The third-order valence-electron chi connectivity index (χ3n) is 3.81. The number of benzene rings is 1. The fourth-order valence-corrected chi connectivity index (χ4v) is 3.20. The molecule has 1 aromatic carbocycles. The third kappa shape index (κ3) is 3.20. The summed E-state index contributed by atoms with van der Waals surface area (Å²) in [7, 11) is 0. The molecule has 0 atom stereocenters. The van der Waals surface area contributed by atoms with Crippen molar-refractivity contribution < 1.29 is 4.39 Å². The molecule has 132 valence electrons. The molecule has 27 heavy (non-hydrogen) atoms.